The van der Waals surface area contributed by atoms with Crippen molar-refractivity contribution in [2.75, 3.05) is 32.8 Å². The molecule has 1 aliphatic carbocycles. The van der Waals surface area contributed by atoms with E-state index in [0.717, 1.165) is 71.4 Å². The molecule has 5 nitrogen and oxygen atoms in total. The fourth-order valence-corrected chi connectivity index (χ4v) is 4.09. The fourth-order valence-electron chi connectivity index (χ4n) is 4.09. The molecule has 0 aromatic carbocycles. The fraction of sp³-hybridized carbons (Fsp3) is 0.941. The minimum absolute atomic E-state index is 0. The van der Waals surface area contributed by atoms with Gasteiger partial charge in [0.2, 0.25) is 5.91 Å². The van der Waals surface area contributed by atoms with Crippen molar-refractivity contribution in [2.45, 2.75) is 62.9 Å². The zero-order valence-electron chi connectivity index (χ0n) is 14.5. The predicted octanol–water partition coefficient (Wildman–Crippen LogP) is 2.11. The van der Waals surface area contributed by atoms with Crippen molar-refractivity contribution in [3.8, 4) is 0 Å². The largest absolute Gasteiger partial charge is 0.381 e. The second kappa shape index (κ2) is 10.2. The molecule has 1 saturated carbocycles. The highest BCUT2D eigenvalue weighted by Crippen LogP contribution is 2.26. The van der Waals surface area contributed by atoms with Crippen LogP contribution >= 0.6 is 24.8 Å². The molecule has 142 valence electrons. The average molecular weight is 382 g/mol. The maximum absolute atomic E-state index is 12.5. The van der Waals surface area contributed by atoms with Crippen LogP contribution in [0.5, 0.6) is 0 Å². The number of nitrogens with zero attached hydrogens (tertiary/aromatic N) is 1. The number of amides is 1. The van der Waals surface area contributed by atoms with Gasteiger partial charge in [-0.2, -0.15) is 0 Å². The first kappa shape index (κ1) is 22.0. The number of hydrogen-bond acceptors (Lipinski definition) is 4. The molecular formula is C17H33Cl2N3O2. The maximum Gasteiger partial charge on any atom is 0.240 e. The number of likely N-dealkylation sites (tertiary alicyclic amines) is 1. The van der Waals surface area contributed by atoms with Crippen molar-refractivity contribution in [3.63, 3.8) is 0 Å². The Morgan fingerprint density at radius 2 is 1.79 bits per heavy atom. The molecule has 2 saturated heterocycles. The smallest absolute Gasteiger partial charge is 0.240 e. The van der Waals surface area contributed by atoms with Gasteiger partial charge in [-0.3, -0.25) is 4.79 Å². The lowest BCUT2D eigenvalue weighted by Crippen LogP contribution is -2.58. The van der Waals surface area contributed by atoms with Gasteiger partial charge in [-0.1, -0.05) is 19.3 Å². The highest BCUT2D eigenvalue weighted by Gasteiger charge is 2.36. The van der Waals surface area contributed by atoms with Crippen LogP contribution in [0.25, 0.3) is 0 Å². The summed E-state index contributed by atoms with van der Waals surface area (Å²) in [6.45, 7) is 5.17. The molecule has 1 amide bonds. The first-order valence-electron chi connectivity index (χ1n) is 9.06. The van der Waals surface area contributed by atoms with Gasteiger partial charge < -0.3 is 20.7 Å². The Labute approximate surface area is 158 Å². The van der Waals surface area contributed by atoms with Crippen molar-refractivity contribution in [3.05, 3.63) is 0 Å². The molecule has 3 rings (SSSR count). The topological polar surface area (TPSA) is 67.6 Å². The van der Waals surface area contributed by atoms with Gasteiger partial charge in [-0.25, -0.2) is 0 Å². The van der Waals surface area contributed by atoms with Crippen LogP contribution in [0, 0.1) is 5.92 Å². The minimum atomic E-state index is -0.601. The number of nitrogens with one attached hydrogen (secondary N) is 1. The zero-order valence-corrected chi connectivity index (χ0v) is 16.1. The molecule has 24 heavy (non-hydrogen) atoms. The first-order valence-corrected chi connectivity index (χ1v) is 9.06. The summed E-state index contributed by atoms with van der Waals surface area (Å²) in [5, 5.41) is 3.23. The molecule has 0 radical (unpaired) electrons. The van der Waals surface area contributed by atoms with E-state index in [9.17, 15) is 4.79 Å². The van der Waals surface area contributed by atoms with Crippen molar-refractivity contribution in [2.24, 2.45) is 11.7 Å². The number of nitrogens with two attached hydrogens (primary N) is 1. The number of ether oxygens (including phenoxy) is 1. The Morgan fingerprint density at radius 1 is 1.12 bits per heavy atom. The molecule has 3 fully saturated rings. The van der Waals surface area contributed by atoms with E-state index in [-0.39, 0.29) is 30.7 Å². The van der Waals surface area contributed by atoms with E-state index in [1.807, 2.05) is 0 Å². The summed E-state index contributed by atoms with van der Waals surface area (Å²) in [5.41, 5.74) is 5.72. The number of hydrogen-bond donors (Lipinski definition) is 2. The molecule has 1 unspecified atom stereocenters. The lowest BCUT2D eigenvalue weighted by molar-refractivity contribution is -0.128. The van der Waals surface area contributed by atoms with Crippen molar-refractivity contribution in [1.82, 2.24) is 10.2 Å². The summed E-state index contributed by atoms with van der Waals surface area (Å²) in [6.07, 6.45) is 8.39. The van der Waals surface area contributed by atoms with Crippen LogP contribution in [0.15, 0.2) is 0 Å². The number of rotatable bonds is 4. The van der Waals surface area contributed by atoms with Crippen LogP contribution in [0.4, 0.5) is 0 Å². The average Bonchev–Trinajstić information content (AvgIpc) is 3.03. The van der Waals surface area contributed by atoms with E-state index in [1.54, 1.807) is 0 Å². The molecule has 1 atom stereocenters. The van der Waals surface area contributed by atoms with Gasteiger partial charge in [0, 0.05) is 32.3 Å². The van der Waals surface area contributed by atoms with Crippen molar-refractivity contribution >= 4 is 30.7 Å². The van der Waals surface area contributed by atoms with Gasteiger partial charge in [0.1, 0.15) is 0 Å². The third kappa shape index (κ3) is 5.73. The van der Waals surface area contributed by atoms with Crippen molar-refractivity contribution in [1.29, 1.82) is 0 Å². The monoisotopic (exact) mass is 381 g/mol. The number of carbonyl (C=O) groups excluding carboxylic acids is 1. The van der Waals surface area contributed by atoms with Gasteiger partial charge >= 0.3 is 0 Å². The highest BCUT2D eigenvalue weighted by atomic mass is 35.5. The van der Waals surface area contributed by atoms with Gasteiger partial charge in [-0.05, 0) is 38.0 Å². The van der Waals surface area contributed by atoms with E-state index in [4.69, 9.17) is 10.5 Å². The number of carbonyl (C=O) groups is 1. The van der Waals surface area contributed by atoms with Crippen LogP contribution in [0.3, 0.4) is 0 Å². The third-order valence-electron chi connectivity index (χ3n) is 5.66. The molecule has 0 bridgehead atoms. The van der Waals surface area contributed by atoms with Gasteiger partial charge in [0.05, 0.1) is 12.1 Å². The van der Waals surface area contributed by atoms with Crippen LogP contribution in [0.2, 0.25) is 0 Å². The molecule has 2 heterocycles. The first-order chi connectivity index (χ1) is 10.7. The maximum atomic E-state index is 12.5. The van der Waals surface area contributed by atoms with Crippen LogP contribution in [0.1, 0.15) is 51.4 Å². The number of piperidine rings is 1. The van der Waals surface area contributed by atoms with Crippen LogP contribution in [-0.4, -0.2) is 55.2 Å². The molecule has 7 heteroatoms. The lowest BCUT2D eigenvalue weighted by Gasteiger charge is -2.37. The Morgan fingerprint density at radius 3 is 2.38 bits per heavy atom. The minimum Gasteiger partial charge on any atom is -0.381 e. The molecule has 3 N–H and O–H groups in total. The van der Waals surface area contributed by atoms with E-state index in [1.165, 1.54) is 12.8 Å². The summed E-state index contributed by atoms with van der Waals surface area (Å²) >= 11 is 0. The molecule has 0 spiro atoms. The summed E-state index contributed by atoms with van der Waals surface area (Å²) < 4.78 is 5.45. The normalized spacial score (nSPS) is 27.8. The Kier molecular flexibility index (Phi) is 9.31. The summed E-state index contributed by atoms with van der Waals surface area (Å²) in [6, 6.07) is 0.311. The lowest BCUT2D eigenvalue weighted by atomic mass is 9.81. The SMILES string of the molecule is Cl.Cl.NC1(C(=O)NC2CCN(CC3CCOC3)CC2)CCCCC1. The standard InChI is InChI=1S/C17H31N3O2.2ClH/c18-17(7-2-1-3-8-17)16(21)19-15-4-9-20(10-5-15)12-14-6-11-22-13-14;;/h14-15H,1-13,18H2,(H,19,21);2*1H. The predicted molar refractivity (Wildman–Crippen MR) is 101 cm³/mol. The summed E-state index contributed by atoms with van der Waals surface area (Å²) in [7, 11) is 0. The summed E-state index contributed by atoms with van der Waals surface area (Å²) in [5.74, 6) is 0.801. The van der Waals surface area contributed by atoms with Crippen molar-refractivity contribution < 1.29 is 9.53 Å². The van der Waals surface area contributed by atoms with E-state index in [0.29, 0.717) is 12.0 Å². The quantitative estimate of drug-likeness (QED) is 0.782. The van der Waals surface area contributed by atoms with E-state index >= 15 is 0 Å². The molecule has 0 aromatic heterocycles. The van der Waals surface area contributed by atoms with Gasteiger partial charge in [0.25, 0.3) is 0 Å². The van der Waals surface area contributed by atoms with Crippen LogP contribution in [-0.2, 0) is 9.53 Å². The Bertz CT molecular complexity index is 378. The molecule has 0 aromatic rings. The Balaban J connectivity index is 0.00000144. The van der Waals surface area contributed by atoms with E-state index in [2.05, 4.69) is 10.2 Å². The second-order valence-electron chi connectivity index (χ2n) is 7.49. The third-order valence-corrected chi connectivity index (χ3v) is 5.66. The molecular weight excluding hydrogens is 349 g/mol. The van der Waals surface area contributed by atoms with Gasteiger partial charge in [-0.15, -0.1) is 24.8 Å². The van der Waals surface area contributed by atoms with Crippen LogP contribution < -0.4 is 11.1 Å². The van der Waals surface area contributed by atoms with E-state index < -0.39 is 5.54 Å². The Hall–Kier alpha value is -0.0700. The molecule has 2 aliphatic heterocycles. The number of halogens is 2. The zero-order chi connectivity index (χ0) is 15.4. The second-order valence-corrected chi connectivity index (χ2v) is 7.49. The van der Waals surface area contributed by atoms with Gasteiger partial charge in [0.15, 0.2) is 0 Å². The summed E-state index contributed by atoms with van der Waals surface area (Å²) in [4.78, 5) is 15.0. The highest BCUT2D eigenvalue weighted by molar-refractivity contribution is 5.86. The molecule has 3 aliphatic rings.